The molecule has 3 N–H and O–H groups in total. The fraction of sp³-hybridized carbons (Fsp3) is 1.00. The zero-order chi connectivity index (χ0) is 5.28. The van der Waals surface area contributed by atoms with Gasteiger partial charge in [0.1, 0.15) is 0 Å². The van der Waals surface area contributed by atoms with Crippen LogP contribution in [0.3, 0.4) is 0 Å². The van der Waals surface area contributed by atoms with Gasteiger partial charge in [0, 0.05) is 6.04 Å². The maximum absolute atomic E-state index is 8.82. The Morgan fingerprint density at radius 2 is 2.00 bits per heavy atom. The van der Waals surface area contributed by atoms with Crippen LogP contribution < -0.4 is 5.73 Å². The number of halogens is 1. The standard InChI is InChI=1S/C5H11NO.ClH/c6-4-1-2-5(7)3-4;/h4-5,7H,1-3,6H2;1H/t4-,5?;/m0./s1. The molecule has 2 nitrogen and oxygen atoms in total. The molecular weight excluding hydrogens is 126 g/mol. The molecule has 0 aromatic carbocycles. The summed E-state index contributed by atoms with van der Waals surface area (Å²) in [5.74, 6) is 0. The molecule has 8 heavy (non-hydrogen) atoms. The van der Waals surface area contributed by atoms with Crippen LogP contribution in [0.5, 0.6) is 0 Å². The van der Waals surface area contributed by atoms with Gasteiger partial charge in [-0.1, -0.05) is 0 Å². The number of hydrogen-bond acceptors (Lipinski definition) is 2. The highest BCUT2D eigenvalue weighted by molar-refractivity contribution is 5.85. The van der Waals surface area contributed by atoms with Crippen LogP contribution in [0.15, 0.2) is 0 Å². The summed E-state index contributed by atoms with van der Waals surface area (Å²) in [4.78, 5) is 0. The van der Waals surface area contributed by atoms with Crippen molar-refractivity contribution in [1.29, 1.82) is 0 Å². The van der Waals surface area contributed by atoms with Gasteiger partial charge in [-0.25, -0.2) is 0 Å². The van der Waals surface area contributed by atoms with E-state index in [0.29, 0.717) is 0 Å². The Morgan fingerprint density at radius 3 is 2.12 bits per heavy atom. The van der Waals surface area contributed by atoms with E-state index in [2.05, 4.69) is 0 Å². The molecule has 0 radical (unpaired) electrons. The number of aliphatic hydroxyl groups is 1. The summed E-state index contributed by atoms with van der Waals surface area (Å²) in [6.45, 7) is 0. The maximum atomic E-state index is 8.82. The topological polar surface area (TPSA) is 46.2 Å². The lowest BCUT2D eigenvalue weighted by Crippen LogP contribution is -2.15. The van der Waals surface area contributed by atoms with Crippen molar-refractivity contribution >= 4 is 12.4 Å². The van der Waals surface area contributed by atoms with Crippen LogP contribution in [0.4, 0.5) is 0 Å². The first kappa shape index (κ1) is 8.21. The molecule has 0 amide bonds. The Labute approximate surface area is 55.5 Å². The van der Waals surface area contributed by atoms with Gasteiger partial charge >= 0.3 is 0 Å². The van der Waals surface area contributed by atoms with Crippen LogP contribution in [-0.2, 0) is 0 Å². The Balaban J connectivity index is 0.000000490. The number of rotatable bonds is 0. The summed E-state index contributed by atoms with van der Waals surface area (Å²) in [5, 5.41) is 8.82. The van der Waals surface area contributed by atoms with E-state index < -0.39 is 0 Å². The Kier molecular flexibility index (Phi) is 3.36. The van der Waals surface area contributed by atoms with E-state index in [1.165, 1.54) is 0 Å². The lowest BCUT2D eigenvalue weighted by atomic mass is 10.3. The van der Waals surface area contributed by atoms with Gasteiger partial charge < -0.3 is 10.8 Å². The summed E-state index contributed by atoms with van der Waals surface area (Å²) in [7, 11) is 0. The Morgan fingerprint density at radius 1 is 1.38 bits per heavy atom. The van der Waals surface area contributed by atoms with E-state index in [4.69, 9.17) is 10.8 Å². The van der Waals surface area contributed by atoms with E-state index in [0.717, 1.165) is 19.3 Å². The first-order valence-electron chi connectivity index (χ1n) is 2.72. The highest BCUT2D eigenvalue weighted by atomic mass is 35.5. The van der Waals surface area contributed by atoms with Crippen molar-refractivity contribution < 1.29 is 5.11 Å². The molecule has 0 saturated heterocycles. The molecule has 0 heterocycles. The first-order valence-corrected chi connectivity index (χ1v) is 2.72. The molecule has 1 rings (SSSR count). The Hall–Kier alpha value is 0.210. The largest absolute Gasteiger partial charge is 0.393 e. The van der Waals surface area contributed by atoms with Gasteiger partial charge in [0.15, 0.2) is 0 Å². The molecule has 2 atom stereocenters. The minimum absolute atomic E-state index is 0. The molecule has 0 bridgehead atoms. The third kappa shape index (κ3) is 1.99. The van der Waals surface area contributed by atoms with Crippen molar-refractivity contribution in [2.45, 2.75) is 31.4 Å². The monoisotopic (exact) mass is 137 g/mol. The van der Waals surface area contributed by atoms with Crippen molar-refractivity contribution in [2.24, 2.45) is 5.73 Å². The normalized spacial score (nSPS) is 36.8. The predicted molar refractivity (Wildman–Crippen MR) is 35.1 cm³/mol. The van der Waals surface area contributed by atoms with Crippen molar-refractivity contribution in [3.8, 4) is 0 Å². The predicted octanol–water partition coefficient (Wildman–Crippen LogP) is 0.280. The second-order valence-corrected chi connectivity index (χ2v) is 2.23. The van der Waals surface area contributed by atoms with Crippen LogP contribution in [0.2, 0.25) is 0 Å². The molecule has 50 valence electrons. The minimum atomic E-state index is -0.102. The highest BCUT2D eigenvalue weighted by Gasteiger charge is 2.18. The fourth-order valence-electron chi connectivity index (χ4n) is 0.992. The van der Waals surface area contributed by atoms with Crippen molar-refractivity contribution in [3.05, 3.63) is 0 Å². The molecule has 0 aliphatic heterocycles. The van der Waals surface area contributed by atoms with Crippen molar-refractivity contribution in [3.63, 3.8) is 0 Å². The van der Waals surface area contributed by atoms with Gasteiger partial charge in [0.2, 0.25) is 0 Å². The number of nitrogens with two attached hydrogens (primary N) is 1. The Bertz CT molecular complexity index is 61.4. The molecule has 1 aliphatic rings. The lowest BCUT2D eigenvalue weighted by molar-refractivity contribution is 0.181. The third-order valence-electron chi connectivity index (χ3n) is 1.45. The summed E-state index contributed by atoms with van der Waals surface area (Å²) in [6.07, 6.45) is 2.61. The van der Waals surface area contributed by atoms with Gasteiger partial charge in [-0.05, 0) is 19.3 Å². The summed E-state index contributed by atoms with van der Waals surface area (Å²) < 4.78 is 0. The molecule has 1 saturated carbocycles. The van der Waals surface area contributed by atoms with Crippen LogP contribution in [0.1, 0.15) is 19.3 Å². The summed E-state index contributed by atoms with van der Waals surface area (Å²) >= 11 is 0. The summed E-state index contributed by atoms with van der Waals surface area (Å²) in [6, 6.07) is 0.273. The molecule has 1 unspecified atom stereocenters. The SMILES string of the molecule is Cl.N[C@H]1CCC(O)C1. The minimum Gasteiger partial charge on any atom is -0.393 e. The van der Waals surface area contributed by atoms with Crippen LogP contribution in [0, 0.1) is 0 Å². The fourth-order valence-corrected chi connectivity index (χ4v) is 0.992. The second-order valence-electron chi connectivity index (χ2n) is 2.23. The van der Waals surface area contributed by atoms with E-state index >= 15 is 0 Å². The molecule has 1 fully saturated rings. The van der Waals surface area contributed by atoms with Crippen LogP contribution in [0.25, 0.3) is 0 Å². The smallest absolute Gasteiger partial charge is 0.0555 e. The summed E-state index contributed by atoms with van der Waals surface area (Å²) in [5.41, 5.74) is 5.47. The molecule has 0 spiro atoms. The quantitative estimate of drug-likeness (QED) is 0.504. The van der Waals surface area contributed by atoms with Gasteiger partial charge in [-0.15, -0.1) is 12.4 Å². The van der Waals surface area contributed by atoms with E-state index in [9.17, 15) is 0 Å². The second kappa shape index (κ2) is 3.28. The average molecular weight is 138 g/mol. The van der Waals surface area contributed by atoms with E-state index in [1.807, 2.05) is 0 Å². The first-order chi connectivity index (χ1) is 3.29. The highest BCUT2D eigenvalue weighted by Crippen LogP contribution is 2.15. The molecule has 0 aromatic rings. The molecular formula is C5H12ClNO. The van der Waals surface area contributed by atoms with E-state index in [-0.39, 0.29) is 24.6 Å². The lowest BCUT2D eigenvalue weighted by Gasteiger charge is -1.96. The average Bonchev–Trinajstić information content (AvgIpc) is 1.87. The number of hydrogen-bond donors (Lipinski definition) is 2. The van der Waals surface area contributed by atoms with Crippen molar-refractivity contribution in [2.75, 3.05) is 0 Å². The third-order valence-corrected chi connectivity index (χ3v) is 1.45. The molecule has 0 aromatic heterocycles. The van der Waals surface area contributed by atoms with Gasteiger partial charge in [-0.3, -0.25) is 0 Å². The van der Waals surface area contributed by atoms with E-state index in [1.54, 1.807) is 0 Å². The molecule has 3 heteroatoms. The number of aliphatic hydroxyl groups excluding tert-OH is 1. The maximum Gasteiger partial charge on any atom is 0.0555 e. The van der Waals surface area contributed by atoms with Gasteiger partial charge in [0.05, 0.1) is 6.10 Å². The van der Waals surface area contributed by atoms with Crippen molar-refractivity contribution in [1.82, 2.24) is 0 Å². The van der Waals surface area contributed by atoms with Gasteiger partial charge in [-0.2, -0.15) is 0 Å². The van der Waals surface area contributed by atoms with Gasteiger partial charge in [0.25, 0.3) is 0 Å². The zero-order valence-corrected chi connectivity index (χ0v) is 5.53. The molecule has 1 aliphatic carbocycles. The van der Waals surface area contributed by atoms with Crippen LogP contribution in [-0.4, -0.2) is 17.3 Å². The van der Waals surface area contributed by atoms with Crippen LogP contribution >= 0.6 is 12.4 Å². The zero-order valence-electron chi connectivity index (χ0n) is 4.71.